The molecule has 0 spiro atoms. The number of rotatable bonds is 10. The lowest BCUT2D eigenvalue weighted by Gasteiger charge is -2.38. The number of alkyl carbamates (subject to hydrolysis) is 1. The van der Waals surface area contributed by atoms with E-state index in [-0.39, 0.29) is 36.5 Å². The average Bonchev–Trinajstić information content (AvgIpc) is 3.19. The number of carbonyl (C=O) groups is 3. The zero-order chi connectivity index (χ0) is 28.6. The molecule has 4 atom stereocenters. The van der Waals surface area contributed by atoms with Crippen molar-refractivity contribution in [2.24, 2.45) is 5.92 Å². The first-order chi connectivity index (χ1) is 18.4. The van der Waals surface area contributed by atoms with Crippen LogP contribution in [-0.2, 0) is 32.2 Å². The summed E-state index contributed by atoms with van der Waals surface area (Å²) in [5, 5.41) is 6.14. The van der Waals surface area contributed by atoms with Gasteiger partial charge in [0.05, 0.1) is 12.1 Å². The van der Waals surface area contributed by atoms with Crippen molar-refractivity contribution in [3.8, 4) is 0 Å². The van der Waals surface area contributed by atoms with E-state index in [4.69, 9.17) is 9.47 Å². The summed E-state index contributed by atoms with van der Waals surface area (Å²) >= 11 is 0. The molecule has 1 aliphatic rings. The summed E-state index contributed by atoms with van der Waals surface area (Å²) < 4.78 is 11.4. The lowest BCUT2D eigenvalue weighted by atomic mass is 9.92. The lowest BCUT2D eigenvalue weighted by molar-refractivity contribution is -0.161. The van der Waals surface area contributed by atoms with Gasteiger partial charge in [-0.15, -0.1) is 0 Å². The monoisotopic (exact) mass is 537 g/mol. The van der Waals surface area contributed by atoms with Gasteiger partial charge in [-0.3, -0.25) is 14.5 Å². The zero-order valence-corrected chi connectivity index (χ0v) is 24.0. The Balaban J connectivity index is 1.94. The molecule has 3 rings (SSSR count). The Labute approximate surface area is 232 Å². The highest BCUT2D eigenvalue weighted by molar-refractivity contribution is 5.78. The fourth-order valence-electron chi connectivity index (χ4n) is 5.19. The first kappa shape index (κ1) is 30.2. The Morgan fingerprint density at radius 1 is 0.974 bits per heavy atom. The summed E-state index contributed by atoms with van der Waals surface area (Å²) in [6, 6.07) is 17.6. The van der Waals surface area contributed by atoms with E-state index in [9.17, 15) is 14.4 Å². The smallest absolute Gasteiger partial charge is 0.407 e. The Bertz CT molecular complexity index is 1080. The Morgan fingerprint density at radius 3 is 2.10 bits per heavy atom. The predicted octanol–water partition coefficient (Wildman–Crippen LogP) is 4.82. The maximum absolute atomic E-state index is 13.5. The highest BCUT2D eigenvalue weighted by Crippen LogP contribution is 2.33. The maximum Gasteiger partial charge on any atom is 0.407 e. The Kier molecular flexibility index (Phi) is 10.5. The number of likely N-dealkylation sites (tertiary alicyclic amines) is 1. The Morgan fingerprint density at radius 2 is 1.56 bits per heavy atom. The van der Waals surface area contributed by atoms with Crippen molar-refractivity contribution in [3.63, 3.8) is 0 Å². The molecule has 1 saturated heterocycles. The van der Waals surface area contributed by atoms with E-state index in [2.05, 4.69) is 29.4 Å². The zero-order valence-electron chi connectivity index (χ0n) is 24.0. The number of benzene rings is 2. The third kappa shape index (κ3) is 9.39. The van der Waals surface area contributed by atoms with Gasteiger partial charge in [-0.05, 0) is 50.7 Å². The first-order valence-corrected chi connectivity index (χ1v) is 13.7. The molecule has 0 saturated carbocycles. The van der Waals surface area contributed by atoms with Crippen LogP contribution in [0.25, 0.3) is 0 Å². The van der Waals surface area contributed by atoms with Gasteiger partial charge < -0.3 is 20.1 Å². The number of nitrogens with one attached hydrogen (secondary N) is 2. The lowest BCUT2D eigenvalue weighted by Crippen LogP contribution is -2.58. The number of esters is 1. The molecule has 2 aromatic rings. The number of hydrogen-bond acceptors (Lipinski definition) is 6. The van der Waals surface area contributed by atoms with Gasteiger partial charge in [0.2, 0.25) is 5.91 Å². The molecule has 0 bridgehead atoms. The molecule has 0 aliphatic carbocycles. The van der Waals surface area contributed by atoms with Crippen molar-refractivity contribution in [3.05, 3.63) is 71.8 Å². The molecule has 8 heteroatoms. The molecule has 0 radical (unpaired) electrons. The normalized spacial score (nSPS) is 20.3. The molecule has 2 N–H and O–H groups in total. The molecule has 2 aromatic carbocycles. The molecular weight excluding hydrogens is 494 g/mol. The molecule has 0 unspecified atom stereocenters. The molecule has 212 valence electrons. The molecule has 39 heavy (non-hydrogen) atoms. The van der Waals surface area contributed by atoms with E-state index in [0.29, 0.717) is 19.4 Å². The molecule has 1 fully saturated rings. The summed E-state index contributed by atoms with van der Waals surface area (Å²) in [6.07, 6.45) is 0.443. The topological polar surface area (TPSA) is 97.0 Å². The minimum Gasteiger partial charge on any atom is -0.459 e. The second-order valence-electron chi connectivity index (χ2n) is 11.7. The number of ether oxygens (including phenoxy) is 2. The molecule has 1 heterocycles. The molecular formula is C31H43N3O5. The van der Waals surface area contributed by atoms with Crippen molar-refractivity contribution < 1.29 is 23.9 Å². The van der Waals surface area contributed by atoms with Crippen LogP contribution in [0.3, 0.4) is 0 Å². The van der Waals surface area contributed by atoms with Gasteiger partial charge in [0.15, 0.2) is 0 Å². The van der Waals surface area contributed by atoms with E-state index in [1.165, 1.54) is 6.92 Å². The second-order valence-corrected chi connectivity index (χ2v) is 11.7. The van der Waals surface area contributed by atoms with Crippen LogP contribution in [0.2, 0.25) is 0 Å². The number of amides is 2. The van der Waals surface area contributed by atoms with E-state index in [1.54, 1.807) is 0 Å². The summed E-state index contributed by atoms with van der Waals surface area (Å²) in [5.74, 6) is -0.241. The quantitative estimate of drug-likeness (QED) is 0.422. The van der Waals surface area contributed by atoms with Crippen molar-refractivity contribution in [1.29, 1.82) is 0 Å². The van der Waals surface area contributed by atoms with Crippen LogP contribution in [0, 0.1) is 5.92 Å². The SMILES string of the molecule is CC(=O)N[C@@H](CC(C)C)[C@H]1[C@H](NC(=O)OCc2ccccc2)C[C@H](C(=O)OC(C)(C)C)N1Cc1ccccc1. The Hall–Kier alpha value is -3.39. The number of nitrogens with zero attached hydrogens (tertiary/aromatic N) is 1. The number of hydrogen-bond donors (Lipinski definition) is 2. The van der Waals surface area contributed by atoms with E-state index >= 15 is 0 Å². The van der Waals surface area contributed by atoms with Crippen molar-refractivity contribution in [2.75, 3.05) is 0 Å². The summed E-state index contributed by atoms with van der Waals surface area (Å²) in [5.41, 5.74) is 1.23. The number of carbonyl (C=O) groups excluding carboxylic acids is 3. The van der Waals surface area contributed by atoms with Crippen LogP contribution in [0.5, 0.6) is 0 Å². The maximum atomic E-state index is 13.5. The van der Waals surface area contributed by atoms with Crippen molar-refractivity contribution in [2.45, 2.75) is 97.3 Å². The largest absolute Gasteiger partial charge is 0.459 e. The van der Waals surface area contributed by atoms with E-state index in [1.807, 2.05) is 81.4 Å². The van der Waals surface area contributed by atoms with Gasteiger partial charge in [0.1, 0.15) is 18.2 Å². The summed E-state index contributed by atoms with van der Waals surface area (Å²) in [7, 11) is 0. The first-order valence-electron chi connectivity index (χ1n) is 13.7. The van der Waals surface area contributed by atoms with Gasteiger partial charge in [0, 0.05) is 19.5 Å². The van der Waals surface area contributed by atoms with E-state index < -0.39 is 23.8 Å². The summed E-state index contributed by atoms with van der Waals surface area (Å²) in [6.45, 7) is 11.8. The van der Waals surface area contributed by atoms with Gasteiger partial charge in [0.25, 0.3) is 0 Å². The van der Waals surface area contributed by atoms with Crippen LogP contribution in [0.1, 0.15) is 65.5 Å². The molecule has 0 aromatic heterocycles. The minimum atomic E-state index is -0.667. The van der Waals surface area contributed by atoms with E-state index in [0.717, 1.165) is 11.1 Å². The molecule has 1 aliphatic heterocycles. The van der Waals surface area contributed by atoms with Gasteiger partial charge in [-0.2, -0.15) is 0 Å². The molecule has 8 nitrogen and oxygen atoms in total. The van der Waals surface area contributed by atoms with Crippen LogP contribution in [-0.4, -0.2) is 52.6 Å². The minimum absolute atomic E-state index is 0.133. The van der Waals surface area contributed by atoms with Crippen LogP contribution < -0.4 is 10.6 Å². The van der Waals surface area contributed by atoms with Gasteiger partial charge >= 0.3 is 12.1 Å². The summed E-state index contributed by atoms with van der Waals surface area (Å²) in [4.78, 5) is 40.9. The van der Waals surface area contributed by atoms with Crippen molar-refractivity contribution >= 4 is 18.0 Å². The average molecular weight is 538 g/mol. The fourth-order valence-corrected chi connectivity index (χ4v) is 5.19. The van der Waals surface area contributed by atoms with Crippen molar-refractivity contribution in [1.82, 2.24) is 15.5 Å². The van der Waals surface area contributed by atoms with Crippen LogP contribution in [0.4, 0.5) is 4.79 Å². The third-order valence-electron chi connectivity index (χ3n) is 6.60. The van der Waals surface area contributed by atoms with Gasteiger partial charge in [-0.1, -0.05) is 74.5 Å². The van der Waals surface area contributed by atoms with Crippen LogP contribution in [0.15, 0.2) is 60.7 Å². The highest BCUT2D eigenvalue weighted by Gasteiger charge is 2.50. The fraction of sp³-hybridized carbons (Fsp3) is 0.516. The highest BCUT2D eigenvalue weighted by atomic mass is 16.6. The third-order valence-corrected chi connectivity index (χ3v) is 6.60. The predicted molar refractivity (Wildman–Crippen MR) is 151 cm³/mol. The van der Waals surface area contributed by atoms with Gasteiger partial charge in [-0.25, -0.2) is 4.79 Å². The molecule has 2 amide bonds. The second kappa shape index (κ2) is 13.6. The van der Waals surface area contributed by atoms with Crippen LogP contribution >= 0.6 is 0 Å². The standard InChI is InChI=1S/C31H43N3O5/c1-21(2)17-25(32-22(3)35)28-26(33-30(37)38-20-24-15-11-8-12-16-24)18-27(29(36)39-31(4,5)6)34(28)19-23-13-9-7-10-14-23/h7-16,21,25-28H,17-20H2,1-6H3,(H,32,35)(H,33,37)/t25-,26+,27+,28-/m0/s1.